The van der Waals surface area contributed by atoms with E-state index in [9.17, 15) is 0 Å². The van der Waals surface area contributed by atoms with Gasteiger partial charge >= 0.3 is 0 Å². The van der Waals surface area contributed by atoms with E-state index in [4.69, 9.17) is 0 Å². The molecule has 1 aromatic rings. The molecule has 0 amide bonds. The van der Waals surface area contributed by atoms with E-state index in [-0.39, 0.29) is 5.41 Å². The lowest BCUT2D eigenvalue weighted by Gasteiger charge is -2.32. The Morgan fingerprint density at radius 2 is 1.12 bits per heavy atom. The summed E-state index contributed by atoms with van der Waals surface area (Å²) in [5, 5.41) is 0. The van der Waals surface area contributed by atoms with E-state index in [1.54, 1.807) is 5.57 Å². The zero-order valence-electron chi connectivity index (χ0n) is 26.9. The van der Waals surface area contributed by atoms with Gasteiger partial charge in [0.25, 0.3) is 0 Å². The predicted molar refractivity (Wildman–Crippen MR) is 182 cm³/mol. The lowest BCUT2D eigenvalue weighted by molar-refractivity contribution is 0.377. The minimum atomic E-state index is 0.288. The average Bonchev–Trinajstić information content (AvgIpc) is 2.88. The molecule has 0 N–H and O–H groups in total. The van der Waals surface area contributed by atoms with Crippen molar-refractivity contribution in [3.63, 3.8) is 0 Å². The number of aryl methyl sites for hydroxylation is 1. The number of hydrogen-bond acceptors (Lipinski definition) is 0. The lowest BCUT2D eigenvalue weighted by Crippen LogP contribution is -2.19. The summed E-state index contributed by atoms with van der Waals surface area (Å²) in [5.41, 5.74) is 13.7. The van der Waals surface area contributed by atoms with E-state index in [1.165, 1.54) is 69.4 Å². The molecule has 0 bridgehead atoms. The molecule has 0 heterocycles. The van der Waals surface area contributed by atoms with Crippen LogP contribution in [-0.2, 0) is 0 Å². The highest BCUT2D eigenvalue weighted by molar-refractivity contribution is 5.59. The van der Waals surface area contributed by atoms with Crippen LogP contribution in [0.4, 0.5) is 0 Å². The van der Waals surface area contributed by atoms with E-state index in [2.05, 4.69) is 166 Å². The van der Waals surface area contributed by atoms with Crippen LogP contribution in [0.2, 0.25) is 0 Å². The topological polar surface area (TPSA) is 0 Å². The van der Waals surface area contributed by atoms with Gasteiger partial charge in [0.05, 0.1) is 0 Å². The van der Waals surface area contributed by atoms with Crippen molar-refractivity contribution in [3.8, 4) is 0 Å². The first kappa shape index (κ1) is 32.8. The fourth-order valence-corrected chi connectivity index (χ4v) is 4.94. The normalized spacial score (nSPS) is 18.1. The number of benzene rings is 1. The molecular weight excluding hydrogens is 480 g/mol. The van der Waals surface area contributed by atoms with Gasteiger partial charge in [0.2, 0.25) is 0 Å². The van der Waals surface area contributed by atoms with Gasteiger partial charge in [-0.15, -0.1) is 0 Å². The Morgan fingerprint density at radius 1 is 0.625 bits per heavy atom. The zero-order chi connectivity index (χ0) is 29.7. The highest BCUT2D eigenvalue weighted by Gasteiger charge is 2.26. The maximum Gasteiger partial charge on any atom is -0.0104 e. The second kappa shape index (κ2) is 16.0. The minimum absolute atomic E-state index is 0.288. The van der Waals surface area contributed by atoms with E-state index in [0.717, 1.165) is 0 Å². The van der Waals surface area contributed by atoms with Crippen LogP contribution in [0.3, 0.4) is 0 Å². The summed E-state index contributed by atoms with van der Waals surface area (Å²) in [6.07, 6.45) is 34.2. The molecule has 0 heteroatoms. The van der Waals surface area contributed by atoms with Gasteiger partial charge in [-0.2, -0.15) is 0 Å². The van der Waals surface area contributed by atoms with Crippen LogP contribution in [0.25, 0.3) is 6.08 Å². The predicted octanol–water partition coefficient (Wildman–Crippen LogP) is 12.2. The average molecular weight is 533 g/mol. The maximum absolute atomic E-state index is 2.37. The summed E-state index contributed by atoms with van der Waals surface area (Å²) >= 11 is 0. The molecule has 0 radical (unpaired) electrons. The van der Waals surface area contributed by atoms with E-state index in [1.807, 2.05) is 0 Å². The van der Waals surface area contributed by atoms with Gasteiger partial charge < -0.3 is 0 Å². The van der Waals surface area contributed by atoms with Crippen LogP contribution in [0, 0.1) is 26.2 Å². The van der Waals surface area contributed by atoms with Crippen LogP contribution >= 0.6 is 0 Å². The molecule has 212 valence electrons. The van der Waals surface area contributed by atoms with Gasteiger partial charge in [-0.1, -0.05) is 139 Å². The number of allylic oxidation sites excluding steroid dienone is 19. The first-order valence-electron chi connectivity index (χ1n) is 14.8. The van der Waals surface area contributed by atoms with Crippen LogP contribution in [-0.4, -0.2) is 0 Å². The molecule has 0 nitrogen and oxygen atoms in total. The number of rotatable bonds is 10. The second-order valence-corrected chi connectivity index (χ2v) is 12.1. The second-order valence-electron chi connectivity index (χ2n) is 12.1. The van der Waals surface area contributed by atoms with Crippen LogP contribution in [0.1, 0.15) is 90.0 Å². The Hall–Kier alpha value is -3.38. The van der Waals surface area contributed by atoms with Gasteiger partial charge in [0, 0.05) is 0 Å². The van der Waals surface area contributed by atoms with E-state index in [0.29, 0.717) is 0 Å². The summed E-state index contributed by atoms with van der Waals surface area (Å²) in [6, 6.07) is 4.40. The van der Waals surface area contributed by atoms with Gasteiger partial charge in [-0.3, -0.25) is 0 Å². The highest BCUT2D eigenvalue weighted by Crippen LogP contribution is 2.40. The van der Waals surface area contributed by atoms with Crippen molar-refractivity contribution in [2.24, 2.45) is 5.41 Å². The molecule has 1 aliphatic rings. The lowest BCUT2D eigenvalue weighted by atomic mass is 9.72. The monoisotopic (exact) mass is 532 g/mol. The maximum atomic E-state index is 2.37. The van der Waals surface area contributed by atoms with Crippen molar-refractivity contribution in [1.82, 2.24) is 0 Å². The molecule has 1 aliphatic carbocycles. The highest BCUT2D eigenvalue weighted by atomic mass is 14.3. The molecule has 0 saturated heterocycles. The standard InChI is InChI=1S/C40H52/c1-30(18-13-20-32(3)23-26-38-27-25-34(5)36(7)37(38)8)16-11-12-17-31(2)19-14-21-33(4)24-28-39-35(6)22-15-29-40(39,9)10/h11-14,16-21,23-28H,15,22,29H2,1-10H3/b12-11+,18-13+,19-14+,26-23+,28-24+,30-16+,31-17+,32-20+,33-21+. The zero-order valence-corrected chi connectivity index (χ0v) is 26.9. The third-order valence-corrected chi connectivity index (χ3v) is 7.95. The van der Waals surface area contributed by atoms with Crippen molar-refractivity contribution in [3.05, 3.63) is 147 Å². The molecule has 40 heavy (non-hydrogen) atoms. The Labute approximate surface area is 246 Å². The Morgan fingerprint density at radius 3 is 1.68 bits per heavy atom. The molecule has 0 fully saturated rings. The number of hydrogen-bond donors (Lipinski definition) is 0. The molecule has 1 aromatic carbocycles. The molecule has 0 aliphatic heterocycles. The fraction of sp³-hybridized carbons (Fsp3) is 0.350. The summed E-state index contributed by atoms with van der Waals surface area (Å²) in [6.45, 7) is 22.2. The van der Waals surface area contributed by atoms with Gasteiger partial charge in [-0.05, 0) is 108 Å². The van der Waals surface area contributed by atoms with Crippen LogP contribution in [0.5, 0.6) is 0 Å². The molecule has 0 saturated carbocycles. The smallest absolute Gasteiger partial charge is 0.0104 e. The van der Waals surface area contributed by atoms with Crippen molar-refractivity contribution in [1.29, 1.82) is 0 Å². The molecule has 0 spiro atoms. The summed E-state index contributed by atoms with van der Waals surface area (Å²) in [7, 11) is 0. The molecule has 2 rings (SSSR count). The van der Waals surface area contributed by atoms with Crippen molar-refractivity contribution in [2.75, 3.05) is 0 Å². The third-order valence-electron chi connectivity index (χ3n) is 7.95. The largest absolute Gasteiger partial charge is 0.0696 e. The van der Waals surface area contributed by atoms with Gasteiger partial charge in [0.15, 0.2) is 0 Å². The Kier molecular flexibility index (Phi) is 13.1. The Balaban J connectivity index is 1.89. The van der Waals surface area contributed by atoms with E-state index >= 15 is 0 Å². The first-order valence-corrected chi connectivity index (χ1v) is 14.8. The van der Waals surface area contributed by atoms with Gasteiger partial charge in [0.1, 0.15) is 0 Å². The molecule has 0 aromatic heterocycles. The minimum Gasteiger partial charge on any atom is -0.0696 e. The van der Waals surface area contributed by atoms with Crippen LogP contribution in [0.15, 0.2) is 125 Å². The summed E-state index contributed by atoms with van der Waals surface area (Å²) in [5.74, 6) is 0. The fourth-order valence-electron chi connectivity index (χ4n) is 4.94. The van der Waals surface area contributed by atoms with E-state index < -0.39 is 0 Å². The molecule has 0 unspecified atom stereocenters. The Bertz CT molecular complexity index is 1330. The van der Waals surface area contributed by atoms with Crippen molar-refractivity contribution < 1.29 is 0 Å². The summed E-state index contributed by atoms with van der Waals surface area (Å²) < 4.78 is 0. The van der Waals surface area contributed by atoms with Crippen molar-refractivity contribution >= 4 is 6.08 Å². The summed E-state index contributed by atoms with van der Waals surface area (Å²) in [4.78, 5) is 0. The first-order chi connectivity index (χ1) is 18.9. The van der Waals surface area contributed by atoms with Crippen LogP contribution < -0.4 is 0 Å². The molecular formula is C40H52. The third kappa shape index (κ3) is 11.0. The SMILES string of the molecule is CC1=C(/C=C/C(C)=C/C=C/C(C)=C/C=C/C=C(C)/C=C/C=C(C)/C=C/c2ccc(C)c(C)c2C)C(C)(C)CCC1. The van der Waals surface area contributed by atoms with Gasteiger partial charge in [-0.25, -0.2) is 0 Å². The molecule has 0 atom stereocenters. The quantitative estimate of drug-likeness (QED) is 0.263. The van der Waals surface area contributed by atoms with Crippen molar-refractivity contribution in [2.45, 2.75) is 88.5 Å².